The molecule has 0 N–H and O–H groups in total. The number of benzene rings is 2. The molecule has 0 heterocycles. The Morgan fingerprint density at radius 2 is 1.64 bits per heavy atom. The van der Waals surface area contributed by atoms with E-state index in [0.717, 1.165) is 6.42 Å². The second-order valence-electron chi connectivity index (χ2n) is 8.71. The molecule has 0 radical (unpaired) electrons. The van der Waals surface area contributed by atoms with E-state index in [1.165, 1.54) is 33.4 Å². The highest BCUT2D eigenvalue weighted by molar-refractivity contribution is 7.20. The van der Waals surface area contributed by atoms with Gasteiger partial charge in [0.2, 0.25) is 0 Å². The summed E-state index contributed by atoms with van der Waals surface area (Å²) in [4.78, 5) is 0. The van der Waals surface area contributed by atoms with Crippen molar-refractivity contribution in [3.63, 3.8) is 0 Å². The largest absolute Gasteiger partial charge is 0.167 e. The van der Waals surface area contributed by atoms with E-state index in [2.05, 4.69) is 89.3 Å². The van der Waals surface area contributed by atoms with Gasteiger partial charge in [-0.1, -0.05) is 94.9 Å². The Morgan fingerprint density at radius 3 is 2.16 bits per heavy atom. The van der Waals surface area contributed by atoms with Gasteiger partial charge in [-0.05, 0) is 39.7 Å². The number of fused-ring (bicyclic) bond motifs is 1. The van der Waals surface area contributed by atoms with Crippen LogP contribution in [0.1, 0.15) is 56.3 Å². The zero-order valence-electron chi connectivity index (χ0n) is 16.3. The SMILES string of the molecule is CCC1=Cc2c(-c3ccc(C(C)(C)C)cc3)cccc2C1[Si](C)(C)Cl. The minimum absolute atomic E-state index is 0.186. The molecule has 2 heteroatoms. The van der Waals surface area contributed by atoms with Gasteiger partial charge in [0, 0.05) is 5.54 Å². The van der Waals surface area contributed by atoms with Crippen LogP contribution in [0.4, 0.5) is 0 Å². The van der Waals surface area contributed by atoms with Gasteiger partial charge in [-0.15, -0.1) is 0 Å². The Morgan fingerprint density at radius 1 is 1.00 bits per heavy atom. The van der Waals surface area contributed by atoms with Crippen LogP contribution in [-0.2, 0) is 5.41 Å². The van der Waals surface area contributed by atoms with Crippen LogP contribution < -0.4 is 0 Å². The van der Waals surface area contributed by atoms with Crippen molar-refractivity contribution in [3.8, 4) is 11.1 Å². The topological polar surface area (TPSA) is 0 Å². The van der Waals surface area contributed by atoms with E-state index >= 15 is 0 Å². The highest BCUT2D eigenvalue weighted by Gasteiger charge is 2.38. The van der Waals surface area contributed by atoms with Gasteiger partial charge in [0.15, 0.2) is 7.38 Å². The number of hydrogen-bond donors (Lipinski definition) is 0. The predicted molar refractivity (Wildman–Crippen MR) is 115 cm³/mol. The number of halogens is 1. The van der Waals surface area contributed by atoms with Crippen LogP contribution in [0.15, 0.2) is 48.0 Å². The first-order valence-corrected chi connectivity index (χ1v) is 13.3. The number of rotatable bonds is 3. The first kappa shape index (κ1) is 18.5. The fourth-order valence-electron chi connectivity index (χ4n) is 3.98. The smallest absolute Gasteiger partial charge is 0.161 e. The van der Waals surface area contributed by atoms with Crippen molar-refractivity contribution in [3.05, 3.63) is 64.7 Å². The molecule has 0 spiro atoms. The number of allylic oxidation sites excluding steroid dienone is 1. The lowest BCUT2D eigenvalue weighted by atomic mass is 9.86. The Hall–Kier alpha value is -1.31. The summed E-state index contributed by atoms with van der Waals surface area (Å²) in [5.41, 5.74) is 8.94. The third kappa shape index (κ3) is 3.50. The lowest BCUT2D eigenvalue weighted by Crippen LogP contribution is -2.28. The van der Waals surface area contributed by atoms with E-state index < -0.39 is 7.38 Å². The molecule has 3 rings (SSSR count). The first-order chi connectivity index (χ1) is 11.6. The molecule has 2 aromatic rings. The summed E-state index contributed by atoms with van der Waals surface area (Å²) in [6.07, 6.45) is 3.48. The summed E-state index contributed by atoms with van der Waals surface area (Å²) in [5.74, 6) is 0. The standard InChI is InChI=1S/C23H29ClSi/c1-7-16-15-21-19(9-8-10-20(21)22(16)25(5,6)24)17-11-13-18(14-12-17)23(2,3)4/h8-15,22H,7H2,1-6H3. The monoisotopic (exact) mass is 368 g/mol. The molecule has 2 aromatic carbocycles. The molecule has 1 atom stereocenters. The molecule has 132 valence electrons. The van der Waals surface area contributed by atoms with Crippen LogP contribution in [0.5, 0.6) is 0 Å². The average Bonchev–Trinajstić information content (AvgIpc) is 2.92. The van der Waals surface area contributed by atoms with Gasteiger partial charge in [0.1, 0.15) is 0 Å². The van der Waals surface area contributed by atoms with Crippen LogP contribution in [0.2, 0.25) is 13.1 Å². The maximum atomic E-state index is 6.91. The molecule has 0 fully saturated rings. The van der Waals surface area contributed by atoms with E-state index in [1.54, 1.807) is 0 Å². The van der Waals surface area contributed by atoms with Crippen molar-refractivity contribution >= 4 is 24.5 Å². The van der Waals surface area contributed by atoms with Crippen molar-refractivity contribution in [1.82, 2.24) is 0 Å². The molecule has 25 heavy (non-hydrogen) atoms. The maximum absolute atomic E-state index is 6.91. The van der Waals surface area contributed by atoms with Gasteiger partial charge >= 0.3 is 0 Å². The summed E-state index contributed by atoms with van der Waals surface area (Å²) in [5, 5.41) is 0. The van der Waals surface area contributed by atoms with Crippen LogP contribution in [0, 0.1) is 0 Å². The zero-order chi connectivity index (χ0) is 18.4. The highest BCUT2D eigenvalue weighted by Crippen LogP contribution is 2.47. The van der Waals surface area contributed by atoms with E-state index in [9.17, 15) is 0 Å². The molecule has 0 saturated carbocycles. The van der Waals surface area contributed by atoms with Gasteiger partial charge in [0.05, 0.1) is 0 Å². The molecular formula is C23H29ClSi. The van der Waals surface area contributed by atoms with Crippen molar-refractivity contribution < 1.29 is 0 Å². The molecule has 1 aliphatic carbocycles. The van der Waals surface area contributed by atoms with Crippen LogP contribution in [0.3, 0.4) is 0 Å². The average molecular weight is 369 g/mol. The summed E-state index contributed by atoms with van der Waals surface area (Å²) in [6, 6.07) is 15.8. The van der Waals surface area contributed by atoms with E-state index in [0.29, 0.717) is 5.54 Å². The second kappa shape index (κ2) is 6.45. The molecule has 0 saturated heterocycles. The minimum atomic E-state index is -1.81. The molecule has 1 aliphatic rings. The van der Waals surface area contributed by atoms with Crippen molar-refractivity contribution in [2.75, 3.05) is 0 Å². The summed E-state index contributed by atoms with van der Waals surface area (Å²) in [7, 11) is -1.81. The normalized spacial score (nSPS) is 17.4. The van der Waals surface area contributed by atoms with Crippen molar-refractivity contribution in [2.24, 2.45) is 0 Å². The molecule has 0 aliphatic heterocycles. The van der Waals surface area contributed by atoms with Crippen molar-refractivity contribution in [2.45, 2.75) is 58.2 Å². The lowest BCUT2D eigenvalue weighted by Gasteiger charge is -2.26. The molecule has 0 nitrogen and oxygen atoms in total. The Balaban J connectivity index is 2.10. The Bertz CT molecular complexity index is 801. The number of hydrogen-bond acceptors (Lipinski definition) is 0. The third-order valence-electron chi connectivity index (χ3n) is 5.31. The first-order valence-electron chi connectivity index (χ1n) is 9.26. The summed E-state index contributed by atoms with van der Waals surface area (Å²) in [6.45, 7) is 13.6. The fourth-order valence-corrected chi connectivity index (χ4v) is 6.92. The quantitative estimate of drug-likeness (QED) is 0.388. The third-order valence-corrected chi connectivity index (χ3v) is 8.02. The maximum Gasteiger partial charge on any atom is 0.161 e. The molecule has 1 unspecified atom stereocenters. The molecule has 0 bridgehead atoms. The van der Waals surface area contributed by atoms with Gasteiger partial charge in [-0.25, -0.2) is 0 Å². The Kier molecular flexibility index (Phi) is 4.76. The summed E-state index contributed by atoms with van der Waals surface area (Å²) < 4.78 is 0. The highest BCUT2D eigenvalue weighted by atomic mass is 35.6. The zero-order valence-corrected chi connectivity index (χ0v) is 18.0. The van der Waals surface area contributed by atoms with Gasteiger partial charge in [-0.2, -0.15) is 11.1 Å². The van der Waals surface area contributed by atoms with Crippen molar-refractivity contribution in [1.29, 1.82) is 0 Å². The van der Waals surface area contributed by atoms with Crippen LogP contribution >= 0.6 is 11.1 Å². The van der Waals surface area contributed by atoms with Crippen LogP contribution in [0.25, 0.3) is 17.2 Å². The molecule has 0 aromatic heterocycles. The van der Waals surface area contributed by atoms with E-state index in [-0.39, 0.29) is 5.41 Å². The van der Waals surface area contributed by atoms with Gasteiger partial charge in [0.25, 0.3) is 0 Å². The predicted octanol–water partition coefficient (Wildman–Crippen LogP) is 7.52. The molecule has 0 amide bonds. The van der Waals surface area contributed by atoms with E-state index in [1.807, 2.05) is 0 Å². The second-order valence-corrected chi connectivity index (χ2v) is 15.3. The molecular weight excluding hydrogens is 340 g/mol. The van der Waals surface area contributed by atoms with E-state index in [4.69, 9.17) is 11.1 Å². The van der Waals surface area contributed by atoms with Crippen LogP contribution in [-0.4, -0.2) is 7.38 Å². The van der Waals surface area contributed by atoms with Gasteiger partial charge < -0.3 is 0 Å². The fraction of sp³-hybridized carbons (Fsp3) is 0.391. The van der Waals surface area contributed by atoms with Gasteiger partial charge in [-0.3, -0.25) is 0 Å². The summed E-state index contributed by atoms with van der Waals surface area (Å²) >= 11 is 6.91. The lowest BCUT2D eigenvalue weighted by molar-refractivity contribution is 0.590. The minimum Gasteiger partial charge on any atom is -0.167 e. The Labute approximate surface area is 158 Å².